The van der Waals surface area contributed by atoms with Crippen molar-refractivity contribution in [1.82, 2.24) is 9.97 Å². The number of halogens is 6. The third-order valence-corrected chi connectivity index (χ3v) is 4.95. The fraction of sp³-hybridized carbons (Fsp3) is 0.0714. The first-order chi connectivity index (χ1) is 12.0. The molecule has 0 aliphatic heterocycles. The predicted octanol–water partition coefficient (Wildman–Crippen LogP) is 4.31. The van der Waals surface area contributed by atoms with Crippen LogP contribution in [0.15, 0.2) is 35.5 Å². The molecular weight excluding hydrogens is 405 g/mol. The molecule has 12 heteroatoms. The van der Waals surface area contributed by atoms with Gasteiger partial charge in [-0.1, -0.05) is 11.6 Å². The molecule has 0 saturated carbocycles. The van der Waals surface area contributed by atoms with Crippen molar-refractivity contribution in [3.8, 4) is 0 Å². The third-order valence-electron chi connectivity index (χ3n) is 3.36. The standard InChI is InChI=1S/C14H7ClF5N3O2S/c15-7-3-8-11(5-22-13(8)21-4-7)26(24,25)23-12-9(16)1-6(2-10(12)17)14(18,19)20/h1-5,23H,(H,21,22). The minimum atomic E-state index is -4.99. The number of nitrogens with zero attached hydrogens (tertiary/aromatic N) is 1. The van der Waals surface area contributed by atoms with Crippen LogP contribution in [-0.4, -0.2) is 18.4 Å². The van der Waals surface area contributed by atoms with Crippen LogP contribution in [-0.2, 0) is 16.2 Å². The lowest BCUT2D eigenvalue weighted by molar-refractivity contribution is -0.137. The molecule has 0 radical (unpaired) electrons. The highest BCUT2D eigenvalue weighted by Crippen LogP contribution is 2.34. The molecule has 1 aromatic carbocycles. The first kappa shape index (κ1) is 18.4. The molecule has 2 N–H and O–H groups in total. The summed E-state index contributed by atoms with van der Waals surface area (Å²) in [5, 5.41) is 0.151. The van der Waals surface area contributed by atoms with Gasteiger partial charge in [-0.05, 0) is 18.2 Å². The molecule has 0 amide bonds. The Bertz CT molecular complexity index is 1090. The van der Waals surface area contributed by atoms with Crippen LogP contribution in [0.3, 0.4) is 0 Å². The Morgan fingerprint density at radius 1 is 1.12 bits per heavy atom. The van der Waals surface area contributed by atoms with E-state index in [4.69, 9.17) is 11.6 Å². The maximum Gasteiger partial charge on any atom is 0.416 e. The number of anilines is 1. The number of H-pyrrole nitrogens is 1. The van der Waals surface area contributed by atoms with Gasteiger partial charge in [0, 0.05) is 17.8 Å². The lowest BCUT2D eigenvalue weighted by Crippen LogP contribution is -2.16. The van der Waals surface area contributed by atoms with Crippen LogP contribution in [0.4, 0.5) is 27.6 Å². The Labute approximate surface area is 147 Å². The number of aromatic nitrogens is 2. The summed E-state index contributed by atoms with van der Waals surface area (Å²) in [6, 6.07) is 1.25. The Morgan fingerprint density at radius 3 is 2.31 bits per heavy atom. The molecule has 0 aliphatic rings. The van der Waals surface area contributed by atoms with E-state index in [0.717, 1.165) is 6.20 Å². The molecule has 2 aromatic heterocycles. The van der Waals surface area contributed by atoms with Gasteiger partial charge in [0.1, 0.15) is 16.2 Å². The molecule has 3 rings (SSSR count). The van der Waals surface area contributed by atoms with Gasteiger partial charge < -0.3 is 4.98 Å². The summed E-state index contributed by atoms with van der Waals surface area (Å²) in [5.74, 6) is -3.42. The second kappa shape index (κ2) is 6.09. The summed E-state index contributed by atoms with van der Waals surface area (Å²) in [4.78, 5) is 5.95. The number of alkyl halides is 3. The number of aromatic amines is 1. The molecule has 2 heterocycles. The van der Waals surface area contributed by atoms with E-state index in [1.807, 2.05) is 0 Å². The maximum absolute atomic E-state index is 13.9. The van der Waals surface area contributed by atoms with Crippen molar-refractivity contribution in [2.24, 2.45) is 0 Å². The largest absolute Gasteiger partial charge is 0.416 e. The number of pyridine rings is 1. The summed E-state index contributed by atoms with van der Waals surface area (Å²) in [6.45, 7) is 0. The van der Waals surface area contributed by atoms with E-state index in [0.29, 0.717) is 0 Å². The van der Waals surface area contributed by atoms with Crippen LogP contribution in [0.1, 0.15) is 5.56 Å². The first-order valence-corrected chi connectivity index (χ1v) is 8.57. The van der Waals surface area contributed by atoms with Gasteiger partial charge in [0.05, 0.1) is 10.6 Å². The fourth-order valence-corrected chi connectivity index (χ4v) is 3.59. The summed E-state index contributed by atoms with van der Waals surface area (Å²) >= 11 is 5.75. The van der Waals surface area contributed by atoms with Crippen molar-refractivity contribution in [3.05, 3.63) is 52.8 Å². The normalized spacial score (nSPS) is 12.5. The average Bonchev–Trinajstić information content (AvgIpc) is 2.93. The smallest absolute Gasteiger partial charge is 0.345 e. The molecule has 3 aromatic rings. The highest BCUT2D eigenvalue weighted by atomic mass is 35.5. The van der Waals surface area contributed by atoms with Gasteiger partial charge in [-0.3, -0.25) is 4.72 Å². The van der Waals surface area contributed by atoms with Crippen molar-refractivity contribution in [2.75, 3.05) is 4.72 Å². The average molecular weight is 412 g/mol. The zero-order valence-electron chi connectivity index (χ0n) is 12.3. The van der Waals surface area contributed by atoms with E-state index < -0.39 is 44.0 Å². The number of nitrogens with one attached hydrogen (secondary N) is 2. The number of fused-ring (bicyclic) bond motifs is 1. The van der Waals surface area contributed by atoms with E-state index in [2.05, 4.69) is 9.97 Å². The molecule has 0 bridgehead atoms. The van der Waals surface area contributed by atoms with Crippen molar-refractivity contribution in [1.29, 1.82) is 0 Å². The van der Waals surface area contributed by atoms with E-state index in [1.165, 1.54) is 12.3 Å². The van der Waals surface area contributed by atoms with Gasteiger partial charge in [0.15, 0.2) is 11.6 Å². The zero-order valence-corrected chi connectivity index (χ0v) is 13.9. The van der Waals surface area contributed by atoms with Crippen molar-refractivity contribution in [3.63, 3.8) is 0 Å². The Kier molecular flexibility index (Phi) is 4.31. The lowest BCUT2D eigenvalue weighted by Gasteiger charge is -2.12. The Morgan fingerprint density at radius 2 is 1.73 bits per heavy atom. The molecule has 5 nitrogen and oxygen atoms in total. The molecule has 0 atom stereocenters. The Balaban J connectivity index is 2.06. The van der Waals surface area contributed by atoms with E-state index >= 15 is 0 Å². The molecule has 0 spiro atoms. The van der Waals surface area contributed by atoms with Gasteiger partial charge in [0.2, 0.25) is 0 Å². The maximum atomic E-state index is 13.9. The topological polar surface area (TPSA) is 74.8 Å². The summed E-state index contributed by atoms with van der Waals surface area (Å²) < 4.78 is 91.9. The second-order valence-corrected chi connectivity index (χ2v) is 7.21. The van der Waals surface area contributed by atoms with Gasteiger partial charge in [-0.15, -0.1) is 0 Å². The van der Waals surface area contributed by atoms with Crippen LogP contribution >= 0.6 is 11.6 Å². The van der Waals surface area contributed by atoms with Crippen molar-refractivity contribution >= 4 is 38.3 Å². The van der Waals surface area contributed by atoms with E-state index in [1.54, 1.807) is 4.72 Å². The van der Waals surface area contributed by atoms with Crippen molar-refractivity contribution < 1.29 is 30.4 Å². The Hall–Kier alpha value is -2.40. The van der Waals surface area contributed by atoms with E-state index in [9.17, 15) is 30.4 Å². The second-order valence-electron chi connectivity index (χ2n) is 5.12. The van der Waals surface area contributed by atoms with Gasteiger partial charge in [-0.25, -0.2) is 22.2 Å². The molecule has 26 heavy (non-hydrogen) atoms. The van der Waals surface area contributed by atoms with Crippen LogP contribution < -0.4 is 4.72 Å². The summed E-state index contributed by atoms with van der Waals surface area (Å²) in [5.41, 5.74) is -2.68. The highest BCUT2D eigenvalue weighted by Gasteiger charge is 2.33. The summed E-state index contributed by atoms with van der Waals surface area (Å²) in [6.07, 6.45) is -2.73. The zero-order chi connectivity index (χ0) is 19.3. The molecule has 0 unspecified atom stereocenters. The van der Waals surface area contributed by atoms with Crippen LogP contribution in [0.2, 0.25) is 5.02 Å². The third kappa shape index (κ3) is 3.31. The first-order valence-electron chi connectivity index (χ1n) is 6.71. The lowest BCUT2D eigenvalue weighted by atomic mass is 10.2. The number of sulfonamides is 1. The summed E-state index contributed by atoms with van der Waals surface area (Å²) in [7, 11) is -4.55. The molecule has 0 fully saturated rings. The molecule has 138 valence electrons. The highest BCUT2D eigenvalue weighted by molar-refractivity contribution is 7.93. The number of rotatable bonds is 3. The quantitative estimate of drug-likeness (QED) is 0.630. The number of benzene rings is 1. The van der Waals surface area contributed by atoms with Gasteiger partial charge in [-0.2, -0.15) is 13.2 Å². The van der Waals surface area contributed by atoms with Gasteiger partial charge >= 0.3 is 6.18 Å². The number of hydrogen-bond donors (Lipinski definition) is 2. The monoisotopic (exact) mass is 411 g/mol. The van der Waals surface area contributed by atoms with Crippen LogP contribution in [0.25, 0.3) is 11.0 Å². The van der Waals surface area contributed by atoms with Gasteiger partial charge in [0.25, 0.3) is 10.0 Å². The predicted molar refractivity (Wildman–Crippen MR) is 83.3 cm³/mol. The van der Waals surface area contributed by atoms with Crippen LogP contribution in [0, 0.1) is 11.6 Å². The van der Waals surface area contributed by atoms with E-state index in [-0.39, 0.29) is 28.2 Å². The number of hydrogen-bond acceptors (Lipinski definition) is 3. The fourth-order valence-electron chi connectivity index (χ4n) is 2.20. The SMILES string of the molecule is O=S(=O)(Nc1c(F)cc(C(F)(F)F)cc1F)c1c[nH]c2ncc(Cl)cc12. The minimum Gasteiger partial charge on any atom is -0.345 e. The molecule has 0 aliphatic carbocycles. The molecular formula is C14H7ClF5N3O2S. The minimum absolute atomic E-state index is 0.00537. The molecule has 0 saturated heterocycles. The van der Waals surface area contributed by atoms with Crippen molar-refractivity contribution in [2.45, 2.75) is 11.1 Å². The van der Waals surface area contributed by atoms with Crippen LogP contribution in [0.5, 0.6) is 0 Å².